The number of pyridine rings is 1. The second kappa shape index (κ2) is 33.8. The van der Waals surface area contributed by atoms with Crippen molar-refractivity contribution in [3.63, 3.8) is 0 Å². The van der Waals surface area contributed by atoms with Crippen LogP contribution in [0.3, 0.4) is 0 Å². The smallest absolute Gasteiger partial charge is 0.416 e. The Hall–Kier alpha value is -7.14. The number of nitrogens with zero attached hydrogens (tertiary/aromatic N) is 6. The van der Waals surface area contributed by atoms with Gasteiger partial charge in [-0.1, -0.05) is 222 Å². The lowest BCUT2D eigenvalue weighted by molar-refractivity contribution is -0.137. The molecule has 9 rings (SSSR count). The maximum atomic E-state index is 12.3. The molecule has 0 bridgehead atoms. The summed E-state index contributed by atoms with van der Waals surface area (Å²) in [6, 6.07) is 51.4. The minimum atomic E-state index is -4.24. The number of anilines is 2. The molecule has 90 heavy (non-hydrogen) atoms. The number of aromatic nitrogens is 4. The summed E-state index contributed by atoms with van der Waals surface area (Å²) in [5.41, 5.74) is 9.01. The van der Waals surface area contributed by atoms with Gasteiger partial charge in [-0.2, -0.15) is 18.2 Å². The maximum Gasteiger partial charge on any atom is 0.416 e. The molecule has 0 amide bonds. The molecule has 0 saturated heterocycles. The van der Waals surface area contributed by atoms with E-state index in [9.17, 15) is 13.2 Å². The van der Waals surface area contributed by atoms with Gasteiger partial charge in [0.25, 0.3) is 6.01 Å². The van der Waals surface area contributed by atoms with Crippen molar-refractivity contribution in [3.05, 3.63) is 198 Å². The number of hydrogen-bond donors (Lipinski definition) is 0. The summed E-state index contributed by atoms with van der Waals surface area (Å²) in [5, 5.41) is 1.34. The number of fused-ring (bicyclic) bond motifs is 2. The average Bonchev–Trinajstić information content (AvgIpc) is 2.26. The molecular formula is C79H111F3N6O2. The largest absolute Gasteiger partial charge is 0.441 e. The molecule has 9 aromatic rings. The van der Waals surface area contributed by atoms with Crippen molar-refractivity contribution in [2.75, 3.05) is 37.0 Å². The molecule has 0 atom stereocenters. The maximum absolute atomic E-state index is 12.3. The number of hydrogen-bond acceptors (Lipinski definition) is 7. The topological polar surface area (TPSA) is 76.4 Å². The van der Waals surface area contributed by atoms with E-state index >= 15 is 0 Å². The summed E-state index contributed by atoms with van der Waals surface area (Å²) < 4.78 is 50.6. The molecule has 0 fully saturated rings. The van der Waals surface area contributed by atoms with Gasteiger partial charge >= 0.3 is 6.18 Å². The summed E-state index contributed by atoms with van der Waals surface area (Å²) in [7, 11) is 4.12. The van der Waals surface area contributed by atoms with Crippen LogP contribution in [0.4, 0.5) is 25.0 Å². The number of benzene rings is 5. The van der Waals surface area contributed by atoms with Gasteiger partial charge in [0.2, 0.25) is 5.89 Å². The Balaban J connectivity index is 0.000000232. The quantitative estimate of drug-likeness (QED) is 0.114. The molecule has 0 radical (unpaired) electrons. The summed E-state index contributed by atoms with van der Waals surface area (Å²) in [6.07, 6.45) is 7.34. The Morgan fingerprint density at radius 3 is 1.49 bits per heavy atom. The summed E-state index contributed by atoms with van der Waals surface area (Å²) >= 11 is 0. The van der Waals surface area contributed by atoms with Crippen LogP contribution in [0.1, 0.15) is 178 Å². The Kier molecular flexibility index (Phi) is 28.3. The van der Waals surface area contributed by atoms with Crippen molar-refractivity contribution < 1.29 is 22.0 Å². The van der Waals surface area contributed by atoms with Gasteiger partial charge in [0.15, 0.2) is 5.58 Å². The Morgan fingerprint density at radius 1 is 0.467 bits per heavy atom. The van der Waals surface area contributed by atoms with E-state index in [0.29, 0.717) is 33.1 Å². The molecule has 11 heteroatoms. The summed E-state index contributed by atoms with van der Waals surface area (Å²) in [5.74, 6) is 2.73. The molecule has 490 valence electrons. The van der Waals surface area contributed by atoms with E-state index in [4.69, 9.17) is 8.83 Å². The molecule has 0 spiro atoms. The Labute approximate surface area is 541 Å². The molecule has 0 unspecified atom stereocenters. The second-order valence-corrected chi connectivity index (χ2v) is 31.1. The number of oxazole rings is 2. The molecule has 5 aromatic carbocycles. The normalized spacial score (nSPS) is 12.0. The van der Waals surface area contributed by atoms with Gasteiger partial charge < -0.3 is 23.2 Å². The highest BCUT2D eigenvalue weighted by molar-refractivity contribution is 5.80. The molecule has 0 aliphatic carbocycles. The Bertz CT molecular complexity index is 3380. The lowest BCUT2D eigenvalue weighted by Gasteiger charge is -2.24. The number of para-hydroxylation sites is 3. The van der Waals surface area contributed by atoms with Crippen molar-refractivity contribution in [3.8, 4) is 11.5 Å². The monoisotopic (exact) mass is 1230 g/mol. The zero-order valence-electron chi connectivity index (χ0n) is 58.9. The van der Waals surface area contributed by atoms with Crippen LogP contribution in [0.15, 0.2) is 179 Å². The van der Waals surface area contributed by atoms with E-state index in [1.807, 2.05) is 93.0 Å². The van der Waals surface area contributed by atoms with E-state index < -0.39 is 11.7 Å². The number of halogens is 3. The van der Waals surface area contributed by atoms with Crippen LogP contribution in [-0.2, 0) is 32.0 Å². The predicted molar refractivity (Wildman–Crippen MR) is 378 cm³/mol. The molecule has 4 heterocycles. The average molecular weight is 1230 g/mol. The standard InChI is InChI=1S/C16H21NO.C14H20N2O.C14H19N.C12H15F3.C12H20N2.C11H16/c1-12-14(10-11-16(2,3)4)17-15(18-12)13-8-6-5-7-9-13;1-14(2,3)9-10-16(4)13-15-11-7-5-6-8-12(11)17-13;1-14(2,3)9-11-15-10-8-12-6-4-5-7-13(12)15;1-11(2,3)8-9-4-6-10(7-5-9)12(13,14)15;1-12(2,3)8-10-14(4)11-7-5-6-9-13-11;1-11(2,3)9-10-7-5-4-6-8-10/h5-9H,10-11H2,1-4H3;5-8H,9-10H2,1-4H3;4-8,10H,9,11H2,1-3H3;4-7H,8H2,1-3H3;5-7,9H,8,10H2,1-4H3;4-8H,9H2,1-3H3. The van der Waals surface area contributed by atoms with Gasteiger partial charge in [0.1, 0.15) is 17.1 Å². The van der Waals surface area contributed by atoms with Crippen LogP contribution in [0, 0.1) is 39.4 Å². The first-order valence-corrected chi connectivity index (χ1v) is 32.2. The SMILES string of the molecule is CC(C)(C)CCn1ccc2ccccc21.CC(C)(C)Cc1ccc(C(F)(F)F)cc1.CC(C)(C)Cc1ccccc1.CN(CCC(C)(C)C)c1ccccn1.CN(CCC(C)(C)C)c1nc2ccccc2o1.Cc1oc(-c2ccccc2)nc1CCC(C)(C)C. The molecule has 0 saturated carbocycles. The number of aryl methyl sites for hydroxylation is 3. The van der Waals surface area contributed by atoms with Crippen LogP contribution in [0.5, 0.6) is 0 Å². The highest BCUT2D eigenvalue weighted by atomic mass is 19.4. The van der Waals surface area contributed by atoms with Gasteiger partial charge in [-0.05, 0) is 162 Å². The summed E-state index contributed by atoms with van der Waals surface area (Å²) in [4.78, 5) is 17.7. The lowest BCUT2D eigenvalue weighted by Crippen LogP contribution is -2.23. The summed E-state index contributed by atoms with van der Waals surface area (Å²) in [6.45, 7) is 45.2. The van der Waals surface area contributed by atoms with E-state index in [1.165, 1.54) is 29.3 Å². The molecule has 4 aromatic heterocycles. The first-order valence-electron chi connectivity index (χ1n) is 32.2. The second-order valence-electron chi connectivity index (χ2n) is 31.1. The highest BCUT2D eigenvalue weighted by Crippen LogP contribution is 2.32. The van der Waals surface area contributed by atoms with Crippen molar-refractivity contribution in [2.45, 2.75) is 189 Å². The third-order valence-electron chi connectivity index (χ3n) is 14.4. The molecular weight excluding hydrogens is 1120 g/mol. The van der Waals surface area contributed by atoms with Gasteiger partial charge in [0.05, 0.1) is 11.3 Å². The van der Waals surface area contributed by atoms with E-state index in [-0.39, 0.29) is 5.41 Å². The minimum Gasteiger partial charge on any atom is -0.441 e. The first-order chi connectivity index (χ1) is 41.7. The van der Waals surface area contributed by atoms with Crippen LogP contribution in [0.2, 0.25) is 0 Å². The third kappa shape index (κ3) is 30.6. The number of alkyl halides is 3. The lowest BCUT2D eigenvalue weighted by atomic mass is 9.88. The van der Waals surface area contributed by atoms with E-state index in [1.54, 1.807) is 12.1 Å². The van der Waals surface area contributed by atoms with Crippen molar-refractivity contribution in [1.82, 2.24) is 19.5 Å². The minimum absolute atomic E-state index is 0.0970. The zero-order chi connectivity index (χ0) is 67.1. The number of rotatable bonds is 13. The van der Waals surface area contributed by atoms with Gasteiger partial charge in [-0.25, -0.2) is 9.97 Å². The van der Waals surface area contributed by atoms with Crippen LogP contribution in [0.25, 0.3) is 33.5 Å². The van der Waals surface area contributed by atoms with E-state index in [0.717, 1.165) is 109 Å². The molecule has 0 aliphatic rings. The fourth-order valence-corrected chi connectivity index (χ4v) is 9.10. The van der Waals surface area contributed by atoms with Crippen molar-refractivity contribution in [2.24, 2.45) is 32.5 Å². The van der Waals surface area contributed by atoms with Gasteiger partial charge in [0, 0.05) is 57.2 Å². The van der Waals surface area contributed by atoms with E-state index in [2.05, 4.69) is 228 Å². The molecule has 8 nitrogen and oxygen atoms in total. The van der Waals surface area contributed by atoms with Crippen molar-refractivity contribution in [1.29, 1.82) is 0 Å². The predicted octanol–water partition coefficient (Wildman–Crippen LogP) is 22.9. The molecule has 0 aliphatic heterocycles. The van der Waals surface area contributed by atoms with Crippen molar-refractivity contribution >= 4 is 33.8 Å². The van der Waals surface area contributed by atoms with Crippen LogP contribution < -0.4 is 9.80 Å². The zero-order valence-corrected chi connectivity index (χ0v) is 58.9. The van der Waals surface area contributed by atoms with Crippen LogP contribution >= 0.6 is 0 Å². The Morgan fingerprint density at radius 2 is 0.967 bits per heavy atom. The third-order valence-corrected chi connectivity index (χ3v) is 14.4. The van der Waals surface area contributed by atoms with Gasteiger partial charge in [-0.15, -0.1) is 0 Å². The first kappa shape index (κ1) is 75.3. The highest BCUT2D eigenvalue weighted by Gasteiger charge is 2.30. The van der Waals surface area contributed by atoms with Crippen LogP contribution in [-0.4, -0.2) is 46.7 Å². The molecule has 0 N–H and O–H groups in total. The fourth-order valence-electron chi connectivity index (χ4n) is 9.10. The fraction of sp³-hybridized carbons (Fsp3) is 0.481. The van der Waals surface area contributed by atoms with Gasteiger partial charge in [-0.3, -0.25) is 0 Å².